The van der Waals surface area contributed by atoms with Crippen LogP contribution in [0.4, 0.5) is 5.69 Å². The summed E-state index contributed by atoms with van der Waals surface area (Å²) >= 11 is 1.50. The standard InChI is InChI=1S/C25H22N4O4S/c26-19-17(20(30)21(19)31)13-7-6-12-5-4-11(8-14(12)9-13)10-27-24(33)22-28-23(32)18-15-2-1-3-16(15)34-25(18)29-22/h4-5,8,13H,1-3,6-7,9-10,26H2,(H,27,33)(H,28,29,32). The summed E-state index contributed by atoms with van der Waals surface area (Å²) in [5, 5.41) is 3.47. The highest BCUT2D eigenvalue weighted by Gasteiger charge is 2.29. The second kappa shape index (κ2) is 7.73. The molecule has 0 radical (unpaired) electrons. The molecule has 9 heteroatoms. The molecule has 2 aromatic heterocycles. The van der Waals surface area contributed by atoms with E-state index in [9.17, 15) is 19.2 Å². The third kappa shape index (κ3) is 3.22. The second-order valence-corrected chi connectivity index (χ2v) is 10.2. The summed E-state index contributed by atoms with van der Waals surface area (Å²) in [5.74, 6) is -0.457. The summed E-state index contributed by atoms with van der Waals surface area (Å²) in [6.45, 7) is 0.279. The van der Waals surface area contributed by atoms with E-state index in [1.54, 1.807) is 0 Å². The van der Waals surface area contributed by atoms with Crippen molar-refractivity contribution in [2.45, 2.75) is 51.0 Å². The summed E-state index contributed by atoms with van der Waals surface area (Å²) < 4.78 is 0. The van der Waals surface area contributed by atoms with Crippen LogP contribution in [-0.4, -0.2) is 15.9 Å². The highest BCUT2D eigenvalue weighted by Crippen LogP contribution is 2.35. The topological polar surface area (TPSA) is 135 Å². The van der Waals surface area contributed by atoms with Gasteiger partial charge in [-0.2, -0.15) is 0 Å². The van der Waals surface area contributed by atoms with E-state index in [1.165, 1.54) is 21.8 Å². The summed E-state index contributed by atoms with van der Waals surface area (Å²) in [6.07, 6.45) is 5.14. The van der Waals surface area contributed by atoms with Gasteiger partial charge in [-0.05, 0) is 66.7 Å². The van der Waals surface area contributed by atoms with Crippen LogP contribution < -0.4 is 27.5 Å². The molecule has 0 fully saturated rings. The molecule has 0 saturated carbocycles. The maximum Gasteiger partial charge on any atom is 0.287 e. The number of amides is 1. The molecule has 0 spiro atoms. The molecule has 2 aliphatic carbocycles. The summed E-state index contributed by atoms with van der Waals surface area (Å²) in [5.41, 5.74) is 9.35. The maximum absolute atomic E-state index is 12.7. The Bertz CT molecular complexity index is 1620. The molecular weight excluding hydrogens is 452 g/mol. The minimum Gasteiger partial charge on any atom is -0.395 e. The molecule has 1 unspecified atom stereocenters. The predicted octanol–water partition coefficient (Wildman–Crippen LogP) is 1.85. The lowest BCUT2D eigenvalue weighted by atomic mass is 9.78. The largest absolute Gasteiger partial charge is 0.395 e. The monoisotopic (exact) mass is 474 g/mol. The van der Waals surface area contributed by atoms with E-state index in [-0.39, 0.29) is 29.5 Å². The number of hydrogen-bond donors (Lipinski definition) is 3. The minimum atomic E-state index is -0.575. The molecule has 8 nitrogen and oxygen atoms in total. The first kappa shape index (κ1) is 21.0. The van der Waals surface area contributed by atoms with E-state index in [2.05, 4.69) is 15.3 Å². The van der Waals surface area contributed by atoms with Crippen LogP contribution in [0.3, 0.4) is 0 Å². The van der Waals surface area contributed by atoms with Crippen molar-refractivity contribution in [3.05, 3.63) is 87.5 Å². The Morgan fingerprint density at radius 2 is 2.00 bits per heavy atom. The second-order valence-electron chi connectivity index (χ2n) is 9.16. The number of carbonyl (C=O) groups excluding carboxylic acids is 1. The molecule has 4 N–H and O–H groups in total. The van der Waals surface area contributed by atoms with Gasteiger partial charge < -0.3 is 16.0 Å². The van der Waals surface area contributed by atoms with Crippen molar-refractivity contribution >= 4 is 33.1 Å². The van der Waals surface area contributed by atoms with E-state index in [4.69, 9.17) is 5.73 Å². The van der Waals surface area contributed by atoms with Crippen LogP contribution in [0.2, 0.25) is 0 Å². The van der Waals surface area contributed by atoms with Crippen molar-refractivity contribution in [1.29, 1.82) is 0 Å². The molecule has 2 aromatic carbocycles. The number of nitrogens with one attached hydrogen (secondary N) is 2. The van der Waals surface area contributed by atoms with Gasteiger partial charge in [-0.3, -0.25) is 19.2 Å². The van der Waals surface area contributed by atoms with Gasteiger partial charge in [-0.15, -0.1) is 11.3 Å². The van der Waals surface area contributed by atoms with Gasteiger partial charge >= 0.3 is 0 Å². The Morgan fingerprint density at radius 3 is 2.82 bits per heavy atom. The molecule has 4 aromatic rings. The molecule has 1 amide bonds. The zero-order chi connectivity index (χ0) is 23.6. The quantitative estimate of drug-likeness (QED) is 0.387. The van der Waals surface area contributed by atoms with Crippen LogP contribution in [0.1, 0.15) is 62.1 Å². The third-order valence-corrected chi connectivity index (χ3v) is 8.32. The minimum absolute atomic E-state index is 0.0195. The fourth-order valence-corrected chi connectivity index (χ4v) is 6.64. The number of H-pyrrole nitrogens is 1. The van der Waals surface area contributed by atoms with Crippen molar-refractivity contribution in [1.82, 2.24) is 15.3 Å². The normalized spacial score (nSPS) is 17.1. The third-order valence-electron chi connectivity index (χ3n) is 7.14. The van der Waals surface area contributed by atoms with E-state index < -0.39 is 16.8 Å². The Morgan fingerprint density at radius 1 is 1.15 bits per heavy atom. The Hall–Kier alpha value is -3.59. The zero-order valence-corrected chi connectivity index (χ0v) is 19.1. The molecule has 0 bridgehead atoms. The highest BCUT2D eigenvalue weighted by atomic mass is 32.1. The summed E-state index contributed by atoms with van der Waals surface area (Å²) in [7, 11) is 0. The van der Waals surface area contributed by atoms with Gasteiger partial charge in [0.2, 0.25) is 16.7 Å². The molecule has 34 heavy (non-hydrogen) atoms. The average Bonchev–Trinajstić information content (AvgIpc) is 3.43. The van der Waals surface area contributed by atoms with Crippen molar-refractivity contribution in [2.24, 2.45) is 0 Å². The summed E-state index contributed by atoms with van der Waals surface area (Å²) in [6, 6.07) is 6.03. The van der Waals surface area contributed by atoms with E-state index in [0.29, 0.717) is 22.2 Å². The SMILES string of the molecule is Nc1c(C2CCc3ccc(CNC(=O)c4nc5sc6c(c5c(=O)[nH]4)CCC6)cc3C2)c(=O)c1=O. The molecule has 0 aliphatic heterocycles. The van der Waals surface area contributed by atoms with Gasteiger partial charge in [0.05, 0.1) is 11.1 Å². The van der Waals surface area contributed by atoms with E-state index in [1.807, 2.05) is 18.2 Å². The number of carbonyl (C=O) groups is 1. The van der Waals surface area contributed by atoms with Gasteiger partial charge in [0, 0.05) is 17.0 Å². The average molecular weight is 475 g/mol. The molecule has 172 valence electrons. The highest BCUT2D eigenvalue weighted by molar-refractivity contribution is 7.18. The molecule has 0 saturated heterocycles. The molecule has 6 rings (SSSR count). The number of aromatic amines is 1. The van der Waals surface area contributed by atoms with Gasteiger partial charge in [0.1, 0.15) is 4.83 Å². The number of aromatic nitrogens is 2. The van der Waals surface area contributed by atoms with Crippen molar-refractivity contribution < 1.29 is 4.79 Å². The van der Waals surface area contributed by atoms with Crippen molar-refractivity contribution in [2.75, 3.05) is 5.73 Å². The predicted molar refractivity (Wildman–Crippen MR) is 130 cm³/mol. The maximum atomic E-state index is 12.7. The Kier molecular flexibility index (Phi) is 4.77. The number of hydrogen-bond acceptors (Lipinski definition) is 7. The number of benzene rings is 1. The van der Waals surface area contributed by atoms with Crippen LogP contribution >= 0.6 is 11.3 Å². The van der Waals surface area contributed by atoms with Crippen molar-refractivity contribution in [3.8, 4) is 0 Å². The van der Waals surface area contributed by atoms with E-state index in [0.717, 1.165) is 48.8 Å². The van der Waals surface area contributed by atoms with Crippen LogP contribution in [-0.2, 0) is 32.2 Å². The summed E-state index contributed by atoms with van der Waals surface area (Å²) in [4.78, 5) is 57.7. The Balaban J connectivity index is 1.19. The number of anilines is 1. The van der Waals surface area contributed by atoms with Crippen LogP contribution in [0.15, 0.2) is 32.6 Å². The fourth-order valence-electron chi connectivity index (χ4n) is 5.37. The first-order valence-electron chi connectivity index (χ1n) is 11.4. The number of fused-ring (bicyclic) bond motifs is 4. The fraction of sp³-hybridized carbons (Fsp3) is 0.320. The lowest BCUT2D eigenvalue weighted by Gasteiger charge is -2.26. The number of rotatable bonds is 4. The van der Waals surface area contributed by atoms with Crippen molar-refractivity contribution in [3.63, 3.8) is 0 Å². The lowest BCUT2D eigenvalue weighted by molar-refractivity contribution is 0.0940. The first-order valence-corrected chi connectivity index (χ1v) is 12.2. The van der Waals surface area contributed by atoms with Crippen LogP contribution in [0.25, 0.3) is 10.2 Å². The van der Waals surface area contributed by atoms with Gasteiger partial charge in [0.25, 0.3) is 11.5 Å². The number of nitrogens with zero attached hydrogens (tertiary/aromatic N) is 1. The number of nitrogen functional groups attached to an aromatic ring is 1. The molecule has 1 atom stereocenters. The van der Waals surface area contributed by atoms with Gasteiger partial charge in [-0.25, -0.2) is 4.98 Å². The number of aryl methyl sites for hydroxylation is 3. The van der Waals surface area contributed by atoms with Crippen LogP contribution in [0, 0.1) is 0 Å². The Labute approximate surface area is 197 Å². The molecular formula is C25H22N4O4S. The zero-order valence-electron chi connectivity index (χ0n) is 18.3. The van der Waals surface area contributed by atoms with Crippen LogP contribution in [0.5, 0.6) is 0 Å². The molecule has 2 heterocycles. The smallest absolute Gasteiger partial charge is 0.287 e. The number of nitrogens with two attached hydrogens (primary N) is 1. The first-order chi connectivity index (χ1) is 16.4. The molecule has 2 aliphatic rings. The van der Waals surface area contributed by atoms with E-state index >= 15 is 0 Å². The lowest BCUT2D eigenvalue weighted by Crippen LogP contribution is -2.40. The van der Waals surface area contributed by atoms with Gasteiger partial charge in [-0.1, -0.05) is 18.2 Å². The van der Waals surface area contributed by atoms with Gasteiger partial charge in [0.15, 0.2) is 0 Å². The number of thiophene rings is 1.